The third-order valence-electron chi connectivity index (χ3n) is 6.10. The first-order valence-electron chi connectivity index (χ1n) is 11.6. The normalized spacial score (nSPS) is 17.2. The molecule has 0 bridgehead atoms. The molecule has 1 fully saturated rings. The van der Waals surface area contributed by atoms with Gasteiger partial charge in [-0.25, -0.2) is 0 Å². The third-order valence-corrected chi connectivity index (χ3v) is 6.10. The van der Waals surface area contributed by atoms with Gasteiger partial charge in [0.25, 0.3) is 11.8 Å². The van der Waals surface area contributed by atoms with Crippen molar-refractivity contribution in [3.63, 3.8) is 0 Å². The fraction of sp³-hybridized carbons (Fsp3) is 0.259. The molecule has 0 aliphatic carbocycles. The van der Waals surface area contributed by atoms with Crippen LogP contribution in [0, 0.1) is 6.92 Å². The number of aryl methyl sites for hydroxylation is 1. The first-order valence-corrected chi connectivity index (χ1v) is 11.6. The van der Waals surface area contributed by atoms with Gasteiger partial charge in [-0.2, -0.15) is 0 Å². The molecular formula is C27H29ClN4O4. The van der Waals surface area contributed by atoms with E-state index in [2.05, 4.69) is 20.9 Å². The van der Waals surface area contributed by atoms with Gasteiger partial charge in [0, 0.05) is 35.6 Å². The van der Waals surface area contributed by atoms with Gasteiger partial charge in [-0.3, -0.25) is 19.4 Å². The van der Waals surface area contributed by atoms with Gasteiger partial charge in [-0.15, -0.1) is 12.4 Å². The van der Waals surface area contributed by atoms with Crippen molar-refractivity contribution in [3.8, 4) is 5.75 Å². The Kier molecular flexibility index (Phi) is 9.16. The molecule has 0 radical (unpaired) electrons. The topological polar surface area (TPSA) is 120 Å². The largest absolute Gasteiger partial charge is 0.507 e. The standard InChI is InChI=1S/C27H28N4O4.ClH/c1-17-4-9-24(32)21(15-17)25(33)18-5-7-19(8-6-18)26(34)30-22-3-2-12-29-16-23(22)31-27(35)20-10-13-28-14-11-20;/h4-11,13-15,22-23,29,32H,2-3,12,16H2,1H3,(H,30,34)(H,31,35);1H/t22-,23-;/m1./s1. The number of ketones is 1. The highest BCUT2D eigenvalue weighted by atomic mass is 35.5. The van der Waals surface area contributed by atoms with Crippen molar-refractivity contribution in [1.29, 1.82) is 0 Å². The number of halogens is 1. The minimum Gasteiger partial charge on any atom is -0.507 e. The lowest BCUT2D eigenvalue weighted by Crippen LogP contribution is -2.54. The average Bonchev–Trinajstić information content (AvgIpc) is 3.10. The summed E-state index contributed by atoms with van der Waals surface area (Å²) in [6, 6.07) is 14.0. The van der Waals surface area contributed by atoms with Gasteiger partial charge >= 0.3 is 0 Å². The minimum atomic E-state index is -0.313. The predicted molar refractivity (Wildman–Crippen MR) is 139 cm³/mol. The molecular weight excluding hydrogens is 480 g/mol. The van der Waals surface area contributed by atoms with E-state index in [4.69, 9.17) is 0 Å². The first kappa shape index (κ1) is 26.8. The maximum Gasteiger partial charge on any atom is 0.251 e. The van der Waals surface area contributed by atoms with E-state index < -0.39 is 0 Å². The van der Waals surface area contributed by atoms with Crippen LogP contribution in [0.15, 0.2) is 67.0 Å². The van der Waals surface area contributed by atoms with Crippen LogP contribution >= 0.6 is 12.4 Å². The number of amides is 2. The molecule has 2 amide bonds. The molecule has 0 unspecified atom stereocenters. The summed E-state index contributed by atoms with van der Waals surface area (Å²) in [6.45, 7) is 3.19. The number of hydrogen-bond acceptors (Lipinski definition) is 6. The number of pyridine rings is 1. The molecule has 0 saturated carbocycles. The maximum atomic E-state index is 13.0. The fourth-order valence-corrected chi connectivity index (χ4v) is 4.14. The van der Waals surface area contributed by atoms with Crippen molar-refractivity contribution in [2.24, 2.45) is 0 Å². The molecule has 3 aromatic rings. The van der Waals surface area contributed by atoms with Crippen molar-refractivity contribution in [3.05, 3.63) is 94.8 Å². The molecule has 9 heteroatoms. The maximum absolute atomic E-state index is 13.0. The van der Waals surface area contributed by atoms with Crippen LogP contribution in [0.25, 0.3) is 0 Å². The second-order valence-electron chi connectivity index (χ2n) is 8.67. The summed E-state index contributed by atoms with van der Waals surface area (Å²) in [5.74, 6) is -0.892. The lowest BCUT2D eigenvalue weighted by Gasteiger charge is -2.27. The van der Waals surface area contributed by atoms with Gasteiger partial charge in [0.1, 0.15) is 5.75 Å². The summed E-state index contributed by atoms with van der Waals surface area (Å²) < 4.78 is 0. The van der Waals surface area contributed by atoms with Crippen LogP contribution in [0.4, 0.5) is 0 Å². The van der Waals surface area contributed by atoms with Crippen molar-refractivity contribution in [2.75, 3.05) is 13.1 Å². The Bertz CT molecular complexity index is 1220. The molecule has 1 aliphatic rings. The quantitative estimate of drug-likeness (QED) is 0.380. The second-order valence-corrected chi connectivity index (χ2v) is 8.67. The molecule has 2 aromatic carbocycles. The predicted octanol–water partition coefficient (Wildman–Crippen LogP) is 3.03. The molecule has 4 rings (SSSR count). The number of carbonyl (C=O) groups is 3. The summed E-state index contributed by atoms with van der Waals surface area (Å²) in [6.07, 6.45) is 4.70. The van der Waals surface area contributed by atoms with E-state index >= 15 is 0 Å². The first-order chi connectivity index (χ1) is 16.9. The number of hydrogen-bond donors (Lipinski definition) is 4. The summed E-state index contributed by atoms with van der Waals surface area (Å²) in [5.41, 5.74) is 2.39. The summed E-state index contributed by atoms with van der Waals surface area (Å²) >= 11 is 0. The number of phenolic OH excluding ortho intramolecular Hbond substituents is 1. The Balaban J connectivity index is 0.00000361. The van der Waals surface area contributed by atoms with Gasteiger partial charge < -0.3 is 21.1 Å². The van der Waals surface area contributed by atoms with Crippen LogP contribution in [0.3, 0.4) is 0 Å². The summed E-state index contributed by atoms with van der Waals surface area (Å²) in [5, 5.41) is 19.4. The van der Waals surface area contributed by atoms with Gasteiger partial charge in [0.15, 0.2) is 5.78 Å². The van der Waals surface area contributed by atoms with Gasteiger partial charge in [0.05, 0.1) is 17.6 Å². The summed E-state index contributed by atoms with van der Waals surface area (Å²) in [7, 11) is 0. The highest BCUT2D eigenvalue weighted by Crippen LogP contribution is 2.22. The Morgan fingerprint density at radius 3 is 2.19 bits per heavy atom. The number of phenols is 1. The van der Waals surface area contributed by atoms with Gasteiger partial charge in [0.2, 0.25) is 0 Å². The van der Waals surface area contributed by atoms with Gasteiger partial charge in [-0.05, 0) is 62.7 Å². The zero-order chi connectivity index (χ0) is 24.8. The van der Waals surface area contributed by atoms with Crippen LogP contribution in [0.2, 0.25) is 0 Å². The van der Waals surface area contributed by atoms with Crippen LogP contribution in [-0.2, 0) is 0 Å². The molecule has 1 aromatic heterocycles. The monoisotopic (exact) mass is 508 g/mol. The SMILES string of the molecule is Cc1ccc(O)c(C(=O)c2ccc(C(=O)N[C@@H]3CCCNC[C@H]3NC(=O)c3ccncc3)cc2)c1.Cl. The van der Waals surface area contributed by atoms with E-state index in [1.54, 1.807) is 60.9 Å². The van der Waals surface area contributed by atoms with E-state index in [1.165, 1.54) is 6.07 Å². The van der Waals surface area contributed by atoms with Crippen LogP contribution in [0.1, 0.15) is 55.0 Å². The van der Waals surface area contributed by atoms with E-state index in [1.807, 2.05) is 6.92 Å². The molecule has 188 valence electrons. The second kappa shape index (κ2) is 12.3. The third kappa shape index (κ3) is 6.47. The molecule has 1 aliphatic heterocycles. The van der Waals surface area contributed by atoms with Crippen LogP contribution < -0.4 is 16.0 Å². The Hall–Kier alpha value is -3.75. The number of aromatic hydroxyl groups is 1. The Morgan fingerprint density at radius 2 is 1.50 bits per heavy atom. The Labute approximate surface area is 215 Å². The molecule has 4 N–H and O–H groups in total. The highest BCUT2D eigenvalue weighted by Gasteiger charge is 2.27. The Morgan fingerprint density at radius 1 is 0.889 bits per heavy atom. The molecule has 8 nitrogen and oxygen atoms in total. The van der Waals surface area contributed by atoms with Crippen LogP contribution in [0.5, 0.6) is 5.75 Å². The van der Waals surface area contributed by atoms with Crippen molar-refractivity contribution in [1.82, 2.24) is 20.9 Å². The number of benzene rings is 2. The molecule has 0 spiro atoms. The molecule has 2 heterocycles. The van der Waals surface area contributed by atoms with Crippen LogP contribution in [-0.4, -0.2) is 52.9 Å². The number of aromatic nitrogens is 1. The minimum absolute atomic E-state index is 0. The number of nitrogens with one attached hydrogen (secondary N) is 3. The zero-order valence-corrected chi connectivity index (χ0v) is 20.7. The molecule has 1 saturated heterocycles. The number of rotatable bonds is 6. The van der Waals surface area contributed by atoms with E-state index in [9.17, 15) is 19.5 Å². The average molecular weight is 509 g/mol. The fourth-order valence-electron chi connectivity index (χ4n) is 4.14. The summed E-state index contributed by atoms with van der Waals surface area (Å²) in [4.78, 5) is 42.4. The van der Waals surface area contributed by atoms with E-state index in [0.717, 1.165) is 18.5 Å². The number of nitrogens with zero attached hydrogens (tertiary/aromatic N) is 1. The van der Waals surface area contributed by atoms with Crippen molar-refractivity contribution in [2.45, 2.75) is 31.8 Å². The molecule has 36 heavy (non-hydrogen) atoms. The van der Waals surface area contributed by atoms with Gasteiger partial charge in [-0.1, -0.05) is 23.8 Å². The van der Waals surface area contributed by atoms with E-state index in [-0.39, 0.29) is 53.4 Å². The van der Waals surface area contributed by atoms with Crippen molar-refractivity contribution >= 4 is 30.0 Å². The lowest BCUT2D eigenvalue weighted by molar-refractivity contribution is 0.0882. The number of carbonyl (C=O) groups excluding carboxylic acids is 3. The van der Waals surface area contributed by atoms with E-state index in [0.29, 0.717) is 29.7 Å². The highest BCUT2D eigenvalue weighted by molar-refractivity contribution is 6.11. The smallest absolute Gasteiger partial charge is 0.251 e. The zero-order valence-electron chi connectivity index (χ0n) is 19.9. The lowest BCUT2D eigenvalue weighted by atomic mass is 9.99. The van der Waals surface area contributed by atoms with Crippen molar-refractivity contribution < 1.29 is 19.5 Å². The molecule has 2 atom stereocenters.